The van der Waals surface area contributed by atoms with Gasteiger partial charge in [0.25, 0.3) is 0 Å². The van der Waals surface area contributed by atoms with Gasteiger partial charge in [0.15, 0.2) is 5.82 Å². The second-order valence-electron chi connectivity index (χ2n) is 4.44. The Balaban J connectivity index is 2.52. The van der Waals surface area contributed by atoms with Gasteiger partial charge in [-0.25, -0.2) is 9.97 Å². The highest BCUT2D eigenvalue weighted by atomic mass is 127. The fourth-order valence-corrected chi connectivity index (χ4v) is 2.71. The minimum atomic E-state index is 0.520. The molecule has 106 valence electrons. The van der Waals surface area contributed by atoms with E-state index in [0.29, 0.717) is 17.6 Å². The smallest absolute Gasteiger partial charge is 0.161 e. The Hall–Kier alpha value is -0.720. The van der Waals surface area contributed by atoms with E-state index in [2.05, 4.69) is 39.5 Å². The third-order valence-electron chi connectivity index (χ3n) is 2.92. The van der Waals surface area contributed by atoms with E-state index in [0.717, 1.165) is 33.2 Å². The van der Waals surface area contributed by atoms with Gasteiger partial charge in [-0.05, 0) is 34.6 Å². The molecule has 0 aliphatic heterocycles. The van der Waals surface area contributed by atoms with Gasteiger partial charge in [-0.1, -0.05) is 49.2 Å². The zero-order valence-corrected chi connectivity index (χ0v) is 14.4. The van der Waals surface area contributed by atoms with Crippen LogP contribution in [0.4, 0.5) is 0 Å². The summed E-state index contributed by atoms with van der Waals surface area (Å²) in [4.78, 5) is 9.10. The maximum atomic E-state index is 6.24. The molecule has 3 nitrogen and oxygen atoms in total. The highest BCUT2D eigenvalue weighted by Gasteiger charge is 2.13. The van der Waals surface area contributed by atoms with Crippen LogP contribution in [-0.4, -0.2) is 17.1 Å². The summed E-state index contributed by atoms with van der Waals surface area (Å²) in [6.45, 7) is 2.66. The molecule has 1 heterocycles. The lowest BCUT2D eigenvalue weighted by Gasteiger charge is -2.11. The van der Waals surface area contributed by atoms with E-state index in [1.807, 2.05) is 24.3 Å². The van der Waals surface area contributed by atoms with E-state index in [-0.39, 0.29) is 0 Å². The first-order chi connectivity index (χ1) is 9.67. The first-order valence-electron chi connectivity index (χ1n) is 6.46. The molecule has 20 heavy (non-hydrogen) atoms. The third-order valence-corrected chi connectivity index (χ3v) is 4.65. The van der Waals surface area contributed by atoms with Crippen molar-refractivity contribution in [2.45, 2.75) is 26.4 Å². The molecule has 0 spiro atoms. The standard InChI is InChI=1S/C15H16ClIN2O/c1-3-6-12-13(17)14(16)19-15(18-12)11-8-5-4-7-10(11)9-20-2/h4-5,7-8H,3,6,9H2,1-2H3. The molecule has 0 fully saturated rings. The van der Waals surface area contributed by atoms with Crippen molar-refractivity contribution in [2.24, 2.45) is 0 Å². The van der Waals surface area contributed by atoms with E-state index in [1.165, 1.54) is 0 Å². The van der Waals surface area contributed by atoms with Crippen molar-refractivity contribution in [3.05, 3.63) is 44.2 Å². The number of rotatable bonds is 5. The number of aromatic nitrogens is 2. The van der Waals surface area contributed by atoms with Crippen LogP contribution in [0.3, 0.4) is 0 Å². The Morgan fingerprint density at radius 3 is 2.70 bits per heavy atom. The Morgan fingerprint density at radius 2 is 2.00 bits per heavy atom. The Kier molecular flexibility index (Phi) is 5.74. The van der Waals surface area contributed by atoms with Gasteiger partial charge in [0.2, 0.25) is 0 Å². The van der Waals surface area contributed by atoms with Crippen LogP contribution in [0.1, 0.15) is 24.6 Å². The van der Waals surface area contributed by atoms with Crippen molar-refractivity contribution >= 4 is 34.2 Å². The molecule has 0 amide bonds. The predicted octanol–water partition coefficient (Wildman–Crippen LogP) is 4.50. The van der Waals surface area contributed by atoms with Crippen LogP contribution in [0, 0.1) is 3.57 Å². The summed E-state index contributed by atoms with van der Waals surface area (Å²) in [5.41, 5.74) is 3.05. The number of halogens is 2. The summed E-state index contributed by atoms with van der Waals surface area (Å²) in [6.07, 6.45) is 1.93. The summed E-state index contributed by atoms with van der Waals surface area (Å²) < 4.78 is 6.18. The summed E-state index contributed by atoms with van der Waals surface area (Å²) in [7, 11) is 1.68. The zero-order chi connectivity index (χ0) is 14.5. The van der Waals surface area contributed by atoms with Gasteiger partial charge in [-0.15, -0.1) is 0 Å². The first kappa shape index (κ1) is 15.7. The first-order valence-corrected chi connectivity index (χ1v) is 7.92. The maximum absolute atomic E-state index is 6.24. The summed E-state index contributed by atoms with van der Waals surface area (Å²) in [6, 6.07) is 7.98. The van der Waals surface area contributed by atoms with Crippen molar-refractivity contribution in [3.63, 3.8) is 0 Å². The topological polar surface area (TPSA) is 35.0 Å². The quantitative estimate of drug-likeness (QED) is 0.545. The molecule has 0 aliphatic carbocycles. The van der Waals surface area contributed by atoms with Crippen LogP contribution in [0.15, 0.2) is 24.3 Å². The molecule has 0 N–H and O–H groups in total. The predicted molar refractivity (Wildman–Crippen MR) is 89.9 cm³/mol. The van der Waals surface area contributed by atoms with Gasteiger partial charge < -0.3 is 4.74 Å². The maximum Gasteiger partial charge on any atom is 0.161 e. The van der Waals surface area contributed by atoms with Crippen molar-refractivity contribution in [3.8, 4) is 11.4 Å². The molecule has 2 aromatic rings. The third kappa shape index (κ3) is 3.48. The molecule has 1 aromatic carbocycles. The van der Waals surface area contributed by atoms with Gasteiger partial charge in [0.1, 0.15) is 5.15 Å². The molecule has 5 heteroatoms. The molecule has 0 saturated heterocycles. The number of hydrogen-bond acceptors (Lipinski definition) is 3. The number of hydrogen-bond donors (Lipinski definition) is 0. The highest BCUT2D eigenvalue weighted by molar-refractivity contribution is 14.1. The molecule has 1 aromatic heterocycles. The largest absolute Gasteiger partial charge is 0.380 e. The van der Waals surface area contributed by atoms with Crippen molar-refractivity contribution in [1.29, 1.82) is 0 Å². The van der Waals surface area contributed by atoms with Crippen LogP contribution >= 0.6 is 34.2 Å². The SMILES string of the molecule is CCCc1nc(-c2ccccc2COC)nc(Cl)c1I. The van der Waals surface area contributed by atoms with Gasteiger partial charge in [0.05, 0.1) is 15.9 Å². The van der Waals surface area contributed by atoms with Crippen LogP contribution in [0.2, 0.25) is 5.15 Å². The average molecular weight is 403 g/mol. The van der Waals surface area contributed by atoms with E-state index < -0.39 is 0 Å². The number of nitrogens with zero attached hydrogens (tertiary/aromatic N) is 2. The Labute approximate surface area is 137 Å². The second-order valence-corrected chi connectivity index (χ2v) is 5.88. The van der Waals surface area contributed by atoms with E-state index in [9.17, 15) is 0 Å². The molecule has 0 atom stereocenters. The average Bonchev–Trinajstić information content (AvgIpc) is 2.45. The van der Waals surface area contributed by atoms with Gasteiger partial charge in [0, 0.05) is 12.7 Å². The summed E-state index contributed by atoms with van der Waals surface area (Å²) in [5, 5.41) is 0.520. The van der Waals surface area contributed by atoms with Gasteiger partial charge in [-0.2, -0.15) is 0 Å². The normalized spacial score (nSPS) is 10.8. The van der Waals surface area contributed by atoms with E-state index in [1.54, 1.807) is 7.11 Å². The lowest BCUT2D eigenvalue weighted by molar-refractivity contribution is 0.185. The van der Waals surface area contributed by atoms with Crippen LogP contribution in [-0.2, 0) is 17.8 Å². The number of benzene rings is 1. The Morgan fingerprint density at radius 1 is 1.25 bits per heavy atom. The fraction of sp³-hybridized carbons (Fsp3) is 0.333. The second kappa shape index (κ2) is 7.33. The lowest BCUT2D eigenvalue weighted by Crippen LogP contribution is -2.02. The van der Waals surface area contributed by atoms with Crippen molar-refractivity contribution in [2.75, 3.05) is 7.11 Å². The van der Waals surface area contributed by atoms with E-state index in [4.69, 9.17) is 16.3 Å². The molecule has 0 aliphatic rings. The van der Waals surface area contributed by atoms with Crippen molar-refractivity contribution < 1.29 is 4.74 Å². The number of methoxy groups -OCH3 is 1. The van der Waals surface area contributed by atoms with Crippen molar-refractivity contribution in [1.82, 2.24) is 9.97 Å². The minimum Gasteiger partial charge on any atom is -0.380 e. The molecule has 0 saturated carbocycles. The summed E-state index contributed by atoms with van der Waals surface area (Å²) >= 11 is 8.45. The number of ether oxygens (including phenoxy) is 1. The van der Waals surface area contributed by atoms with Crippen LogP contribution < -0.4 is 0 Å². The van der Waals surface area contributed by atoms with E-state index >= 15 is 0 Å². The molecular formula is C15H16ClIN2O. The highest BCUT2D eigenvalue weighted by Crippen LogP contribution is 2.27. The summed E-state index contributed by atoms with van der Waals surface area (Å²) in [5.74, 6) is 0.673. The Bertz CT molecular complexity index is 604. The van der Waals surface area contributed by atoms with Gasteiger partial charge >= 0.3 is 0 Å². The fourth-order valence-electron chi connectivity index (χ4n) is 2.01. The van der Waals surface area contributed by atoms with Crippen LogP contribution in [0.25, 0.3) is 11.4 Å². The lowest BCUT2D eigenvalue weighted by atomic mass is 10.1. The molecule has 0 unspecified atom stereocenters. The number of aryl methyl sites for hydroxylation is 1. The van der Waals surface area contributed by atoms with Gasteiger partial charge in [-0.3, -0.25) is 0 Å². The molecular weight excluding hydrogens is 387 g/mol. The monoisotopic (exact) mass is 402 g/mol. The molecule has 0 bridgehead atoms. The molecule has 2 rings (SSSR count). The minimum absolute atomic E-state index is 0.520. The molecule has 0 radical (unpaired) electrons. The zero-order valence-electron chi connectivity index (χ0n) is 11.5. The van der Waals surface area contributed by atoms with Crippen LogP contribution in [0.5, 0.6) is 0 Å².